The molecule has 3 heterocycles. The Balaban J connectivity index is 1.68. The molecule has 1 saturated heterocycles. The van der Waals surface area contributed by atoms with Gasteiger partial charge < -0.3 is 14.3 Å². The summed E-state index contributed by atoms with van der Waals surface area (Å²) in [6.45, 7) is 0.576. The van der Waals surface area contributed by atoms with Crippen molar-refractivity contribution in [2.24, 2.45) is 0 Å². The molecule has 6 nitrogen and oxygen atoms in total. The number of benzene rings is 2. The number of carbonyl (C=O) groups is 2. The van der Waals surface area contributed by atoms with Gasteiger partial charge >= 0.3 is 0 Å². The Morgan fingerprint density at radius 2 is 1.90 bits per heavy atom. The predicted octanol–water partition coefficient (Wildman–Crippen LogP) is 4.49. The van der Waals surface area contributed by atoms with E-state index >= 15 is 0 Å². The predicted molar refractivity (Wildman–Crippen MR) is 111 cm³/mol. The zero-order chi connectivity index (χ0) is 20.8. The van der Waals surface area contributed by atoms with Gasteiger partial charge in [-0.3, -0.25) is 14.5 Å². The molecule has 150 valence electrons. The second-order valence-electron chi connectivity index (χ2n) is 7.08. The molecule has 30 heavy (non-hydrogen) atoms. The molecule has 1 N–H and O–H groups in total. The van der Waals surface area contributed by atoms with Gasteiger partial charge in [-0.15, -0.1) is 0 Å². The van der Waals surface area contributed by atoms with Gasteiger partial charge in [-0.1, -0.05) is 11.6 Å². The first kappa shape index (κ1) is 18.5. The first-order chi connectivity index (χ1) is 14.5. The molecule has 3 aromatic rings. The molecule has 2 aromatic carbocycles. The maximum Gasteiger partial charge on any atom is 0.300 e. The van der Waals surface area contributed by atoms with Crippen LogP contribution in [-0.2, 0) is 16.0 Å². The largest absolute Gasteiger partial charge is 0.507 e. The molecule has 2 aliphatic rings. The molecule has 0 aliphatic carbocycles. The summed E-state index contributed by atoms with van der Waals surface area (Å²) in [4.78, 5) is 27.3. The highest BCUT2D eigenvalue weighted by Gasteiger charge is 2.48. The highest BCUT2D eigenvalue weighted by atomic mass is 35.5. The second-order valence-corrected chi connectivity index (χ2v) is 7.52. The topological polar surface area (TPSA) is 80.0 Å². The standard InChI is InChI=1S/C23H16ClNO5/c24-15-4-6-16(7-5-15)25-20(18-2-1-10-29-18)19(22(27)23(25)28)21(26)14-3-8-17-13(12-14)9-11-30-17/h1-8,10,12,20,26H,9,11H2/b21-19-. The van der Waals surface area contributed by atoms with Crippen LogP contribution < -0.4 is 9.64 Å². The minimum absolute atomic E-state index is 0.0243. The van der Waals surface area contributed by atoms with E-state index in [2.05, 4.69) is 0 Å². The number of hydrogen-bond acceptors (Lipinski definition) is 5. The number of anilines is 1. The molecule has 1 unspecified atom stereocenters. The lowest BCUT2D eigenvalue weighted by Gasteiger charge is -2.23. The number of ether oxygens (including phenoxy) is 1. The smallest absolute Gasteiger partial charge is 0.300 e. The van der Waals surface area contributed by atoms with Crippen LogP contribution in [0.1, 0.15) is 22.9 Å². The number of ketones is 1. The molecule has 7 heteroatoms. The third-order valence-corrected chi connectivity index (χ3v) is 5.58. The fourth-order valence-corrected chi connectivity index (χ4v) is 4.03. The molecule has 0 saturated carbocycles. The van der Waals surface area contributed by atoms with Gasteiger partial charge in [0.25, 0.3) is 11.7 Å². The van der Waals surface area contributed by atoms with Crippen LogP contribution in [0.4, 0.5) is 5.69 Å². The Bertz CT molecular complexity index is 1180. The maximum atomic E-state index is 13.0. The van der Waals surface area contributed by atoms with Gasteiger partial charge in [-0.25, -0.2) is 0 Å². The molecule has 2 aliphatic heterocycles. The number of furan rings is 1. The van der Waals surface area contributed by atoms with Crippen LogP contribution in [0, 0.1) is 0 Å². The van der Waals surface area contributed by atoms with Gasteiger partial charge in [0, 0.05) is 22.7 Å². The molecule has 0 bridgehead atoms. The fraction of sp³-hybridized carbons (Fsp3) is 0.130. The van der Waals surface area contributed by atoms with Gasteiger partial charge in [0.1, 0.15) is 23.3 Å². The number of halogens is 1. The van der Waals surface area contributed by atoms with Crippen molar-refractivity contribution in [2.75, 3.05) is 11.5 Å². The molecule has 0 radical (unpaired) electrons. The molecule has 0 spiro atoms. The van der Waals surface area contributed by atoms with Gasteiger partial charge in [0.2, 0.25) is 0 Å². The third-order valence-electron chi connectivity index (χ3n) is 5.32. The zero-order valence-corrected chi connectivity index (χ0v) is 16.4. The van der Waals surface area contributed by atoms with E-state index in [0.29, 0.717) is 28.6 Å². The quantitative estimate of drug-likeness (QED) is 0.383. The van der Waals surface area contributed by atoms with E-state index in [1.54, 1.807) is 54.6 Å². The molecular weight excluding hydrogens is 406 g/mol. The van der Waals surface area contributed by atoms with Crippen molar-refractivity contribution in [3.05, 3.63) is 88.3 Å². The summed E-state index contributed by atoms with van der Waals surface area (Å²) in [6.07, 6.45) is 2.18. The van der Waals surface area contributed by atoms with Crippen molar-refractivity contribution in [2.45, 2.75) is 12.5 Å². The van der Waals surface area contributed by atoms with E-state index in [9.17, 15) is 14.7 Å². The number of carbonyl (C=O) groups excluding carboxylic acids is 2. The monoisotopic (exact) mass is 421 g/mol. The van der Waals surface area contributed by atoms with Crippen molar-refractivity contribution in [3.8, 4) is 5.75 Å². The van der Waals surface area contributed by atoms with E-state index in [0.717, 1.165) is 17.7 Å². The number of Topliss-reactive ketones (excluding diaryl/α,β-unsaturated/α-hetero) is 1. The van der Waals surface area contributed by atoms with Crippen molar-refractivity contribution in [3.63, 3.8) is 0 Å². The highest BCUT2D eigenvalue weighted by molar-refractivity contribution is 6.51. The summed E-state index contributed by atoms with van der Waals surface area (Å²) >= 11 is 5.98. The van der Waals surface area contributed by atoms with Crippen molar-refractivity contribution < 1.29 is 23.8 Å². The highest BCUT2D eigenvalue weighted by Crippen LogP contribution is 2.43. The molecule has 1 aromatic heterocycles. The summed E-state index contributed by atoms with van der Waals surface area (Å²) in [5, 5.41) is 11.6. The maximum absolute atomic E-state index is 13.0. The average molecular weight is 422 g/mol. The van der Waals surface area contributed by atoms with Crippen molar-refractivity contribution in [1.82, 2.24) is 0 Å². The van der Waals surface area contributed by atoms with Crippen molar-refractivity contribution >= 4 is 34.7 Å². The summed E-state index contributed by atoms with van der Waals surface area (Å²) in [7, 11) is 0. The van der Waals surface area contributed by atoms with E-state index in [-0.39, 0.29) is 11.3 Å². The number of aliphatic hydroxyl groups excluding tert-OH is 1. The normalized spacial score (nSPS) is 19.8. The Labute approximate surface area is 176 Å². The first-order valence-electron chi connectivity index (χ1n) is 9.40. The van der Waals surface area contributed by atoms with Crippen LogP contribution in [-0.4, -0.2) is 23.4 Å². The van der Waals surface area contributed by atoms with Crippen LogP contribution in [0.15, 0.2) is 70.9 Å². The third kappa shape index (κ3) is 2.88. The van der Waals surface area contributed by atoms with Gasteiger partial charge in [-0.2, -0.15) is 0 Å². The summed E-state index contributed by atoms with van der Waals surface area (Å²) in [5.74, 6) is -0.641. The molecular formula is C23H16ClNO5. The zero-order valence-electron chi connectivity index (χ0n) is 15.7. The Morgan fingerprint density at radius 3 is 2.63 bits per heavy atom. The van der Waals surface area contributed by atoms with Crippen LogP contribution in [0.5, 0.6) is 5.75 Å². The van der Waals surface area contributed by atoms with E-state index in [1.807, 2.05) is 0 Å². The summed E-state index contributed by atoms with van der Waals surface area (Å²) in [6, 6.07) is 14.2. The van der Waals surface area contributed by atoms with Crippen molar-refractivity contribution in [1.29, 1.82) is 0 Å². The van der Waals surface area contributed by atoms with Crippen LogP contribution in [0.25, 0.3) is 5.76 Å². The average Bonchev–Trinajstić information content (AvgIpc) is 3.48. The van der Waals surface area contributed by atoms with Gasteiger partial charge in [-0.05, 0) is 60.2 Å². The SMILES string of the molecule is O=C1C(=O)N(c2ccc(Cl)cc2)C(c2ccco2)/C1=C(/O)c1ccc2c(c1)CCO2. The van der Waals surface area contributed by atoms with E-state index < -0.39 is 17.7 Å². The lowest BCUT2D eigenvalue weighted by Crippen LogP contribution is -2.29. The minimum atomic E-state index is -0.898. The Morgan fingerprint density at radius 1 is 1.10 bits per heavy atom. The van der Waals surface area contributed by atoms with Crippen LogP contribution in [0.3, 0.4) is 0 Å². The lowest BCUT2D eigenvalue weighted by molar-refractivity contribution is -0.132. The van der Waals surface area contributed by atoms with Crippen LogP contribution in [0.2, 0.25) is 5.02 Å². The number of aliphatic hydroxyl groups is 1. The Hall–Kier alpha value is -3.51. The number of amides is 1. The molecule has 1 amide bonds. The number of rotatable bonds is 3. The molecule has 1 fully saturated rings. The number of fused-ring (bicyclic) bond motifs is 1. The minimum Gasteiger partial charge on any atom is -0.507 e. The summed E-state index contributed by atoms with van der Waals surface area (Å²) < 4.78 is 11.1. The van der Waals surface area contributed by atoms with Crippen LogP contribution >= 0.6 is 11.6 Å². The first-order valence-corrected chi connectivity index (χ1v) is 9.78. The van der Waals surface area contributed by atoms with E-state index in [1.165, 1.54) is 11.2 Å². The number of nitrogens with zero attached hydrogens (tertiary/aromatic N) is 1. The summed E-state index contributed by atoms with van der Waals surface area (Å²) in [5.41, 5.74) is 1.85. The van der Waals surface area contributed by atoms with Gasteiger partial charge in [0.05, 0.1) is 18.4 Å². The Kier molecular flexibility index (Phi) is 4.37. The van der Waals surface area contributed by atoms with Gasteiger partial charge in [0.15, 0.2) is 0 Å². The lowest BCUT2D eigenvalue weighted by atomic mass is 9.98. The molecule has 1 atom stereocenters. The fourth-order valence-electron chi connectivity index (χ4n) is 3.91. The molecule has 5 rings (SSSR count). The second kappa shape index (κ2) is 7.07. The van der Waals surface area contributed by atoms with E-state index in [4.69, 9.17) is 20.8 Å². The number of hydrogen-bond donors (Lipinski definition) is 1.